The molecule has 2 N–H and O–H groups in total. The molecule has 3 aromatic rings. The summed E-state index contributed by atoms with van der Waals surface area (Å²) in [7, 11) is 0. The Hall–Kier alpha value is -3.05. The van der Waals surface area contributed by atoms with Gasteiger partial charge < -0.3 is 0 Å². The van der Waals surface area contributed by atoms with Crippen molar-refractivity contribution in [2.24, 2.45) is 0 Å². The normalized spacial score (nSPS) is 13.9. The topological polar surface area (TPSA) is 83.5 Å². The number of nitrogens with zero attached hydrogens (tertiary/aromatic N) is 2. The molecule has 1 atom stereocenters. The Balaban J connectivity index is 2.19. The van der Waals surface area contributed by atoms with Crippen LogP contribution in [-0.4, -0.2) is 19.7 Å². The molecule has 2 aromatic heterocycles. The van der Waals surface area contributed by atoms with E-state index in [0.29, 0.717) is 0 Å². The van der Waals surface area contributed by atoms with Gasteiger partial charge in [-0.05, 0) is 24.6 Å². The lowest BCUT2D eigenvalue weighted by molar-refractivity contribution is -0.140. The van der Waals surface area contributed by atoms with E-state index in [1.54, 1.807) is 4.98 Å². The van der Waals surface area contributed by atoms with Crippen molar-refractivity contribution < 1.29 is 26.3 Å². The Morgan fingerprint density at radius 1 is 0.963 bits per heavy atom. The van der Waals surface area contributed by atoms with Crippen molar-refractivity contribution in [3.63, 3.8) is 0 Å². The van der Waals surface area contributed by atoms with Gasteiger partial charge >= 0.3 is 18.0 Å². The number of hydrogen-bond acceptors (Lipinski definition) is 3. The van der Waals surface area contributed by atoms with Gasteiger partial charge in [-0.3, -0.25) is 14.8 Å². The minimum atomic E-state index is -4.98. The van der Waals surface area contributed by atoms with Gasteiger partial charge in [0.2, 0.25) is 0 Å². The Morgan fingerprint density at radius 3 is 2.07 bits per heavy atom. The number of aromatic amines is 2. The average molecular weight is 392 g/mol. The number of alkyl halides is 6. The number of aromatic nitrogens is 4. The second kappa shape index (κ2) is 5.99. The third-order valence-corrected chi connectivity index (χ3v) is 3.95. The van der Waals surface area contributed by atoms with Crippen LogP contribution in [0, 0.1) is 0 Å². The molecule has 6 nitrogen and oxygen atoms in total. The summed E-state index contributed by atoms with van der Waals surface area (Å²) in [6.45, 7) is 1.37. The highest BCUT2D eigenvalue weighted by atomic mass is 19.4. The quantitative estimate of drug-likeness (QED) is 0.658. The molecule has 0 radical (unpaired) electrons. The van der Waals surface area contributed by atoms with Crippen molar-refractivity contribution in [2.75, 3.05) is 0 Å². The van der Waals surface area contributed by atoms with Crippen LogP contribution in [0.25, 0.3) is 11.0 Å². The standard InChI is InChI=1S/C15H10F6N4O2/c1-6(7-2-4-8(5-3-7)14(16,17)18)25-11-9(10(24-25)15(19,20)21)12(26)23-13(27)22-11/h2-6H,1H3,(H2,22,23,26,27)/t6-/m1/s1. The van der Waals surface area contributed by atoms with Crippen molar-refractivity contribution in [2.45, 2.75) is 25.3 Å². The Labute approximate surface area is 145 Å². The maximum atomic E-state index is 13.2. The molecule has 0 unspecified atom stereocenters. The zero-order valence-corrected chi connectivity index (χ0v) is 13.4. The van der Waals surface area contributed by atoms with E-state index in [9.17, 15) is 35.9 Å². The van der Waals surface area contributed by atoms with Gasteiger partial charge in [0, 0.05) is 0 Å². The highest BCUT2D eigenvalue weighted by Crippen LogP contribution is 2.34. The van der Waals surface area contributed by atoms with E-state index in [4.69, 9.17) is 0 Å². The van der Waals surface area contributed by atoms with Crippen LogP contribution in [-0.2, 0) is 12.4 Å². The first-order valence-corrected chi connectivity index (χ1v) is 7.38. The molecule has 144 valence electrons. The predicted molar refractivity (Wildman–Crippen MR) is 81.2 cm³/mol. The molecule has 27 heavy (non-hydrogen) atoms. The van der Waals surface area contributed by atoms with E-state index in [1.165, 1.54) is 6.92 Å². The minimum Gasteiger partial charge on any atom is -0.291 e. The summed E-state index contributed by atoms with van der Waals surface area (Å²) in [5.74, 6) is 0. The maximum Gasteiger partial charge on any atom is 0.436 e. The number of hydrogen-bond donors (Lipinski definition) is 2. The van der Waals surface area contributed by atoms with Gasteiger partial charge in [0.05, 0.1) is 11.6 Å². The van der Waals surface area contributed by atoms with Crippen LogP contribution < -0.4 is 11.2 Å². The van der Waals surface area contributed by atoms with Crippen molar-refractivity contribution in [1.29, 1.82) is 0 Å². The Bertz CT molecular complexity index is 1110. The molecule has 12 heteroatoms. The fourth-order valence-corrected chi connectivity index (χ4v) is 2.64. The number of nitrogens with one attached hydrogen (secondary N) is 2. The second-order valence-electron chi connectivity index (χ2n) is 5.72. The van der Waals surface area contributed by atoms with Crippen LogP contribution in [0.1, 0.15) is 29.8 Å². The molecule has 0 spiro atoms. The van der Waals surface area contributed by atoms with Gasteiger partial charge in [0.1, 0.15) is 11.0 Å². The van der Waals surface area contributed by atoms with Crippen LogP contribution in [0.5, 0.6) is 0 Å². The van der Waals surface area contributed by atoms with E-state index in [0.717, 1.165) is 28.9 Å². The molecule has 3 rings (SSSR count). The van der Waals surface area contributed by atoms with Crippen molar-refractivity contribution in [3.05, 3.63) is 61.9 Å². The van der Waals surface area contributed by atoms with Gasteiger partial charge in [0.15, 0.2) is 5.69 Å². The number of benzene rings is 1. The van der Waals surface area contributed by atoms with E-state index < -0.39 is 51.9 Å². The molecule has 0 amide bonds. The Kier molecular flexibility index (Phi) is 4.16. The first-order valence-electron chi connectivity index (χ1n) is 7.38. The molecule has 0 saturated heterocycles. The molecule has 1 aromatic carbocycles. The van der Waals surface area contributed by atoms with E-state index >= 15 is 0 Å². The first kappa shape index (κ1) is 18.7. The highest BCUT2D eigenvalue weighted by molar-refractivity contribution is 5.77. The number of halogens is 6. The van der Waals surface area contributed by atoms with E-state index in [-0.39, 0.29) is 5.56 Å². The van der Waals surface area contributed by atoms with Crippen LogP contribution >= 0.6 is 0 Å². The number of fused-ring (bicyclic) bond motifs is 1. The molecule has 2 heterocycles. The van der Waals surface area contributed by atoms with Crippen molar-refractivity contribution in [1.82, 2.24) is 19.7 Å². The summed E-state index contributed by atoms with van der Waals surface area (Å²) in [5, 5.41) is 2.53. The summed E-state index contributed by atoms with van der Waals surface area (Å²) >= 11 is 0. The first-order chi connectivity index (χ1) is 12.4. The summed E-state index contributed by atoms with van der Waals surface area (Å²) in [6, 6.07) is 2.72. The molecule has 0 aliphatic carbocycles. The third kappa shape index (κ3) is 3.34. The van der Waals surface area contributed by atoms with Crippen molar-refractivity contribution in [3.8, 4) is 0 Å². The van der Waals surface area contributed by atoms with Gasteiger partial charge in [-0.25, -0.2) is 9.48 Å². The number of H-pyrrole nitrogens is 2. The Morgan fingerprint density at radius 2 is 1.56 bits per heavy atom. The van der Waals surface area contributed by atoms with E-state index in [1.807, 2.05) is 0 Å². The maximum absolute atomic E-state index is 13.2. The second-order valence-corrected chi connectivity index (χ2v) is 5.72. The fraction of sp³-hybridized carbons (Fsp3) is 0.267. The lowest BCUT2D eigenvalue weighted by Gasteiger charge is -2.15. The SMILES string of the molecule is C[C@H](c1ccc(C(F)(F)F)cc1)n1nc(C(F)(F)F)c2c(=O)[nH]c(=O)[nH]c21. The van der Waals surface area contributed by atoms with Gasteiger partial charge in [-0.2, -0.15) is 31.4 Å². The monoisotopic (exact) mass is 392 g/mol. The zero-order valence-electron chi connectivity index (χ0n) is 13.4. The number of rotatable bonds is 2. The molecule has 0 aliphatic heterocycles. The van der Waals surface area contributed by atoms with Gasteiger partial charge in [-0.1, -0.05) is 12.1 Å². The van der Waals surface area contributed by atoms with E-state index in [2.05, 4.69) is 10.1 Å². The average Bonchev–Trinajstić information content (AvgIpc) is 2.93. The van der Waals surface area contributed by atoms with Crippen LogP contribution in [0.4, 0.5) is 26.3 Å². The largest absolute Gasteiger partial charge is 0.436 e. The van der Waals surface area contributed by atoms with Gasteiger partial charge in [-0.15, -0.1) is 0 Å². The molecule has 0 fully saturated rings. The van der Waals surface area contributed by atoms with Crippen LogP contribution in [0.2, 0.25) is 0 Å². The zero-order chi connectivity index (χ0) is 20.1. The summed E-state index contributed by atoms with van der Waals surface area (Å²) in [5.41, 5.74) is -5.03. The fourth-order valence-electron chi connectivity index (χ4n) is 2.64. The third-order valence-electron chi connectivity index (χ3n) is 3.95. The summed E-state index contributed by atoms with van der Waals surface area (Å²) in [6.07, 6.45) is -9.54. The van der Waals surface area contributed by atoms with Crippen LogP contribution in [0.3, 0.4) is 0 Å². The summed E-state index contributed by atoms with van der Waals surface area (Å²) in [4.78, 5) is 27.1. The highest BCUT2D eigenvalue weighted by Gasteiger charge is 2.39. The molecule has 0 aliphatic rings. The lowest BCUT2D eigenvalue weighted by Crippen LogP contribution is -2.24. The molecule has 0 bridgehead atoms. The smallest absolute Gasteiger partial charge is 0.291 e. The molecule has 0 saturated carbocycles. The lowest BCUT2D eigenvalue weighted by atomic mass is 10.1. The molecular weight excluding hydrogens is 382 g/mol. The van der Waals surface area contributed by atoms with Crippen LogP contribution in [0.15, 0.2) is 33.9 Å². The van der Waals surface area contributed by atoms with Gasteiger partial charge in [0.25, 0.3) is 5.56 Å². The molecular formula is C15H10F6N4O2. The summed E-state index contributed by atoms with van der Waals surface area (Å²) < 4.78 is 78.4. The predicted octanol–water partition coefficient (Wildman–Crippen LogP) is 3.06. The van der Waals surface area contributed by atoms with Crippen molar-refractivity contribution >= 4 is 11.0 Å². The minimum absolute atomic E-state index is 0.197.